The molecular formula is C12H10FNO2. The van der Waals surface area contributed by atoms with Gasteiger partial charge in [0.25, 0.3) is 0 Å². The summed E-state index contributed by atoms with van der Waals surface area (Å²) in [5.74, 6) is -1.27. The number of rotatable bonds is 2. The van der Waals surface area contributed by atoms with Gasteiger partial charge < -0.3 is 9.72 Å². The highest BCUT2D eigenvalue weighted by atomic mass is 19.1. The van der Waals surface area contributed by atoms with Gasteiger partial charge in [-0.1, -0.05) is 30.3 Å². The predicted octanol–water partition coefficient (Wildman–Crippen LogP) is 2.61. The number of nitrogens with one attached hydrogen (secondary N) is 1. The molecule has 1 aromatic heterocycles. The third-order valence-corrected chi connectivity index (χ3v) is 2.28. The summed E-state index contributed by atoms with van der Waals surface area (Å²) >= 11 is 0. The van der Waals surface area contributed by atoms with Crippen LogP contribution in [0.4, 0.5) is 4.39 Å². The molecule has 0 aliphatic heterocycles. The van der Waals surface area contributed by atoms with Crippen molar-refractivity contribution in [3.05, 3.63) is 47.9 Å². The number of ether oxygens (including phenoxy) is 1. The number of aromatic amines is 1. The van der Waals surface area contributed by atoms with Gasteiger partial charge in [0.1, 0.15) is 5.56 Å². The highest BCUT2D eigenvalue weighted by molar-refractivity contribution is 5.91. The second-order valence-electron chi connectivity index (χ2n) is 3.25. The van der Waals surface area contributed by atoms with Gasteiger partial charge in [-0.3, -0.25) is 0 Å². The van der Waals surface area contributed by atoms with E-state index >= 15 is 0 Å². The molecule has 0 aliphatic rings. The van der Waals surface area contributed by atoms with Crippen molar-refractivity contribution in [3.8, 4) is 11.3 Å². The van der Waals surface area contributed by atoms with Crippen LogP contribution in [0.25, 0.3) is 11.3 Å². The van der Waals surface area contributed by atoms with Crippen molar-refractivity contribution in [1.29, 1.82) is 0 Å². The van der Waals surface area contributed by atoms with Crippen LogP contribution in [-0.2, 0) is 4.74 Å². The van der Waals surface area contributed by atoms with E-state index in [4.69, 9.17) is 0 Å². The lowest BCUT2D eigenvalue weighted by Gasteiger charge is -1.98. The van der Waals surface area contributed by atoms with E-state index in [0.29, 0.717) is 11.3 Å². The van der Waals surface area contributed by atoms with Crippen molar-refractivity contribution in [2.75, 3.05) is 7.11 Å². The molecular weight excluding hydrogens is 209 g/mol. The fraction of sp³-hybridized carbons (Fsp3) is 0.0833. The summed E-state index contributed by atoms with van der Waals surface area (Å²) in [6.07, 6.45) is 1.31. The van der Waals surface area contributed by atoms with Crippen LogP contribution in [0.5, 0.6) is 0 Å². The van der Waals surface area contributed by atoms with E-state index in [-0.39, 0.29) is 5.56 Å². The number of aromatic nitrogens is 1. The molecule has 0 atom stereocenters. The van der Waals surface area contributed by atoms with E-state index in [0.717, 1.165) is 0 Å². The molecule has 1 N–H and O–H groups in total. The predicted molar refractivity (Wildman–Crippen MR) is 57.5 cm³/mol. The first-order chi connectivity index (χ1) is 7.74. The van der Waals surface area contributed by atoms with Crippen LogP contribution in [0.1, 0.15) is 10.4 Å². The Hall–Kier alpha value is -2.10. The average Bonchev–Trinajstić information content (AvgIpc) is 2.71. The molecule has 2 aromatic rings. The Balaban J connectivity index is 2.45. The van der Waals surface area contributed by atoms with E-state index in [1.165, 1.54) is 13.3 Å². The van der Waals surface area contributed by atoms with Crippen LogP contribution in [-0.4, -0.2) is 18.1 Å². The number of esters is 1. The van der Waals surface area contributed by atoms with Gasteiger partial charge in [0.15, 0.2) is 5.82 Å². The molecule has 3 nitrogen and oxygen atoms in total. The minimum absolute atomic E-state index is 0.0821. The lowest BCUT2D eigenvalue weighted by Crippen LogP contribution is -2.01. The number of H-pyrrole nitrogens is 1. The Bertz CT molecular complexity index is 505. The van der Waals surface area contributed by atoms with Crippen molar-refractivity contribution in [1.82, 2.24) is 4.98 Å². The molecule has 2 rings (SSSR count). The summed E-state index contributed by atoms with van der Waals surface area (Å²) in [5.41, 5.74) is 0.900. The summed E-state index contributed by atoms with van der Waals surface area (Å²) in [6, 6.07) is 8.96. The van der Waals surface area contributed by atoms with Gasteiger partial charge in [-0.25, -0.2) is 9.18 Å². The number of carbonyl (C=O) groups excluding carboxylic acids is 1. The Morgan fingerprint density at radius 1 is 1.31 bits per heavy atom. The minimum atomic E-state index is -0.684. The van der Waals surface area contributed by atoms with E-state index in [1.807, 2.05) is 6.07 Å². The first kappa shape index (κ1) is 10.4. The number of hydrogen-bond donors (Lipinski definition) is 1. The molecule has 1 aromatic carbocycles. The number of hydrogen-bond acceptors (Lipinski definition) is 2. The Labute approximate surface area is 91.9 Å². The zero-order valence-electron chi connectivity index (χ0n) is 8.66. The van der Waals surface area contributed by atoms with E-state index < -0.39 is 11.8 Å². The first-order valence-electron chi connectivity index (χ1n) is 4.74. The lowest BCUT2D eigenvalue weighted by atomic mass is 10.1. The van der Waals surface area contributed by atoms with Crippen molar-refractivity contribution < 1.29 is 13.9 Å². The van der Waals surface area contributed by atoms with Crippen molar-refractivity contribution in [3.63, 3.8) is 0 Å². The zero-order chi connectivity index (χ0) is 11.5. The highest BCUT2D eigenvalue weighted by Crippen LogP contribution is 2.23. The molecule has 4 heteroatoms. The third kappa shape index (κ3) is 1.69. The van der Waals surface area contributed by atoms with Crippen LogP contribution < -0.4 is 0 Å². The number of methoxy groups -OCH3 is 1. The number of carbonyl (C=O) groups is 1. The van der Waals surface area contributed by atoms with Crippen LogP contribution in [0.3, 0.4) is 0 Å². The summed E-state index contributed by atoms with van der Waals surface area (Å²) < 4.78 is 18.3. The standard InChI is InChI=1S/C12H10FNO2/c1-16-12(15)9-7-14-11(10(9)13)8-5-3-2-4-6-8/h2-7,14H,1H3. The smallest absolute Gasteiger partial charge is 0.342 e. The van der Waals surface area contributed by atoms with E-state index in [2.05, 4.69) is 9.72 Å². The van der Waals surface area contributed by atoms with Crippen molar-refractivity contribution >= 4 is 5.97 Å². The normalized spacial score (nSPS) is 10.1. The Kier molecular flexibility index (Phi) is 2.72. The molecule has 0 aliphatic carbocycles. The molecule has 0 spiro atoms. The molecule has 16 heavy (non-hydrogen) atoms. The molecule has 0 amide bonds. The number of halogens is 1. The van der Waals surface area contributed by atoms with E-state index in [1.54, 1.807) is 24.3 Å². The second-order valence-corrected chi connectivity index (χ2v) is 3.25. The number of benzene rings is 1. The molecule has 1 heterocycles. The summed E-state index contributed by atoms with van der Waals surface area (Å²) in [7, 11) is 1.22. The van der Waals surface area contributed by atoms with Gasteiger partial charge in [0, 0.05) is 11.8 Å². The van der Waals surface area contributed by atoms with Crippen LogP contribution in [0, 0.1) is 5.82 Å². The Morgan fingerprint density at radius 2 is 2.00 bits per heavy atom. The zero-order valence-corrected chi connectivity index (χ0v) is 8.66. The van der Waals surface area contributed by atoms with Crippen molar-refractivity contribution in [2.24, 2.45) is 0 Å². The summed E-state index contributed by atoms with van der Waals surface area (Å²) in [6.45, 7) is 0. The maximum absolute atomic E-state index is 13.8. The molecule has 0 bridgehead atoms. The van der Waals surface area contributed by atoms with Gasteiger partial charge in [0.2, 0.25) is 0 Å². The first-order valence-corrected chi connectivity index (χ1v) is 4.74. The molecule has 82 valence electrons. The maximum atomic E-state index is 13.8. The van der Waals surface area contributed by atoms with Gasteiger partial charge in [-0.15, -0.1) is 0 Å². The molecule has 0 saturated heterocycles. The minimum Gasteiger partial charge on any atom is -0.465 e. The summed E-state index contributed by atoms with van der Waals surface area (Å²) in [4.78, 5) is 13.9. The fourth-order valence-corrected chi connectivity index (χ4v) is 1.48. The van der Waals surface area contributed by atoms with Gasteiger partial charge in [-0.05, 0) is 0 Å². The van der Waals surface area contributed by atoms with Gasteiger partial charge >= 0.3 is 5.97 Å². The van der Waals surface area contributed by atoms with Crippen molar-refractivity contribution in [2.45, 2.75) is 0 Å². The Morgan fingerprint density at radius 3 is 2.62 bits per heavy atom. The molecule has 0 unspecified atom stereocenters. The third-order valence-electron chi connectivity index (χ3n) is 2.28. The van der Waals surface area contributed by atoms with Crippen LogP contribution in [0.2, 0.25) is 0 Å². The summed E-state index contributed by atoms with van der Waals surface area (Å²) in [5, 5.41) is 0. The average molecular weight is 219 g/mol. The van der Waals surface area contributed by atoms with Gasteiger partial charge in [0.05, 0.1) is 12.8 Å². The molecule has 0 fully saturated rings. The maximum Gasteiger partial charge on any atom is 0.342 e. The molecule has 0 saturated carbocycles. The van der Waals surface area contributed by atoms with E-state index in [9.17, 15) is 9.18 Å². The topological polar surface area (TPSA) is 42.1 Å². The second kappa shape index (κ2) is 4.18. The SMILES string of the molecule is COC(=O)c1c[nH]c(-c2ccccc2)c1F. The van der Waals surface area contributed by atoms with Crippen LogP contribution in [0.15, 0.2) is 36.5 Å². The highest BCUT2D eigenvalue weighted by Gasteiger charge is 2.18. The fourth-order valence-electron chi connectivity index (χ4n) is 1.48. The quantitative estimate of drug-likeness (QED) is 0.789. The van der Waals surface area contributed by atoms with Crippen LogP contribution >= 0.6 is 0 Å². The van der Waals surface area contributed by atoms with Gasteiger partial charge in [-0.2, -0.15) is 0 Å². The molecule has 0 radical (unpaired) electrons. The monoisotopic (exact) mass is 219 g/mol. The largest absolute Gasteiger partial charge is 0.465 e. The lowest BCUT2D eigenvalue weighted by molar-refractivity contribution is 0.0596.